The zero-order chi connectivity index (χ0) is 61.3. The number of nitrogens with one attached hydrogen (secondary N) is 7. The Hall–Kier alpha value is -8.19. The number of carboxylic acid groups (broad SMARTS) is 6. The largest absolute Gasteiger partial charge is 0.481 e. The molecule has 1 fully saturated rings. The normalized spacial score (nSPS) is 15.7. The monoisotopic (exact) mass is 1160 g/mol. The molecule has 0 bridgehead atoms. The molecule has 7 amide bonds. The number of hydrogen-bond donors (Lipinski definition) is 15. The highest BCUT2D eigenvalue weighted by atomic mass is 16.4. The van der Waals surface area contributed by atoms with Crippen LogP contribution in [-0.2, 0) is 59.2 Å². The van der Waals surface area contributed by atoms with Gasteiger partial charge in [0.05, 0.1) is 19.6 Å². The van der Waals surface area contributed by atoms with Gasteiger partial charge in [-0.1, -0.05) is 44.2 Å². The van der Waals surface area contributed by atoms with Crippen molar-refractivity contribution in [2.24, 2.45) is 28.3 Å². The highest BCUT2D eigenvalue weighted by molar-refractivity contribution is 5.94. The van der Waals surface area contributed by atoms with Gasteiger partial charge in [0.25, 0.3) is 0 Å². The van der Waals surface area contributed by atoms with E-state index in [0.29, 0.717) is 51.3 Å². The second kappa shape index (κ2) is 37.7. The summed E-state index contributed by atoms with van der Waals surface area (Å²) in [7, 11) is 0. The molecule has 1 heterocycles. The molecule has 1 aromatic carbocycles. The lowest BCUT2D eigenvalue weighted by molar-refractivity contribution is -0.143. The average Bonchev–Trinajstić information content (AvgIpc) is 3.49. The first-order chi connectivity index (χ1) is 38.7. The number of benzene rings is 1. The second-order valence-electron chi connectivity index (χ2n) is 20.0. The van der Waals surface area contributed by atoms with E-state index in [1.165, 1.54) is 0 Å². The van der Waals surface area contributed by atoms with E-state index < -0.39 is 121 Å². The van der Waals surface area contributed by atoms with Crippen molar-refractivity contribution in [3.8, 4) is 0 Å². The van der Waals surface area contributed by atoms with Crippen LogP contribution in [0.3, 0.4) is 0 Å². The molecule has 0 radical (unpaired) electrons. The van der Waals surface area contributed by atoms with Crippen LogP contribution in [0.4, 0.5) is 4.79 Å². The van der Waals surface area contributed by atoms with Gasteiger partial charge in [-0.15, -0.1) is 0 Å². The van der Waals surface area contributed by atoms with Gasteiger partial charge in [-0.3, -0.25) is 58.0 Å². The molecule has 17 N–H and O–H groups in total. The molecular weight excluding hydrogens is 1080 g/mol. The Labute approximate surface area is 473 Å². The Kier molecular flexibility index (Phi) is 32.1. The molecule has 1 saturated heterocycles. The minimum atomic E-state index is -1.62. The van der Waals surface area contributed by atoms with Gasteiger partial charge < -0.3 is 79.3 Å². The quantitative estimate of drug-likeness (QED) is 0.0176. The third kappa shape index (κ3) is 30.4. The highest BCUT2D eigenvalue weighted by Crippen LogP contribution is 2.14. The van der Waals surface area contributed by atoms with E-state index in [0.717, 1.165) is 0 Å². The summed E-state index contributed by atoms with van der Waals surface area (Å²) in [6.07, 6.45) is -1.09. The summed E-state index contributed by atoms with van der Waals surface area (Å²) in [6, 6.07) is 0.203. The molecule has 31 nitrogen and oxygen atoms in total. The average molecular weight is 1160 g/mol. The smallest absolute Gasteiger partial charge is 0.326 e. The van der Waals surface area contributed by atoms with Crippen molar-refractivity contribution in [3.63, 3.8) is 0 Å². The summed E-state index contributed by atoms with van der Waals surface area (Å²) in [5.41, 5.74) is 11.6. The molecule has 458 valence electrons. The predicted octanol–water partition coefficient (Wildman–Crippen LogP) is -3.17. The van der Waals surface area contributed by atoms with Crippen LogP contribution < -0.4 is 48.7 Å². The van der Waals surface area contributed by atoms with E-state index in [9.17, 15) is 83.1 Å². The predicted molar refractivity (Wildman–Crippen MR) is 292 cm³/mol. The first-order valence-electron chi connectivity index (χ1n) is 26.8. The van der Waals surface area contributed by atoms with Gasteiger partial charge in [0, 0.05) is 84.1 Å². The number of amides is 7. The van der Waals surface area contributed by atoms with E-state index >= 15 is 0 Å². The van der Waals surface area contributed by atoms with Crippen molar-refractivity contribution in [3.05, 3.63) is 35.9 Å². The number of unbranched alkanes of at least 4 members (excludes halogenated alkanes) is 1. The molecule has 0 aliphatic carbocycles. The van der Waals surface area contributed by atoms with Crippen molar-refractivity contribution in [2.75, 3.05) is 78.5 Å². The zero-order valence-electron chi connectivity index (χ0n) is 46.2. The summed E-state index contributed by atoms with van der Waals surface area (Å²) in [5, 5.41) is 73.9. The van der Waals surface area contributed by atoms with Gasteiger partial charge in [0.1, 0.15) is 30.2 Å². The van der Waals surface area contributed by atoms with Gasteiger partial charge in [-0.2, -0.15) is 0 Å². The van der Waals surface area contributed by atoms with Crippen LogP contribution in [0.15, 0.2) is 35.3 Å². The molecule has 1 aromatic rings. The molecule has 1 aliphatic rings. The van der Waals surface area contributed by atoms with Gasteiger partial charge >= 0.3 is 41.8 Å². The number of rotatable bonds is 38. The number of hydrogen-bond acceptors (Lipinski definition) is 16. The number of carbonyl (C=O) groups is 12. The Morgan fingerprint density at radius 2 is 1.00 bits per heavy atom. The summed E-state index contributed by atoms with van der Waals surface area (Å²) >= 11 is 0. The van der Waals surface area contributed by atoms with Crippen LogP contribution in [0.1, 0.15) is 83.6 Å². The zero-order valence-corrected chi connectivity index (χ0v) is 46.2. The molecule has 0 saturated carbocycles. The Morgan fingerprint density at radius 1 is 0.524 bits per heavy atom. The summed E-state index contributed by atoms with van der Waals surface area (Å²) in [5.74, 6) is -12.3. The second-order valence-corrected chi connectivity index (χ2v) is 20.0. The summed E-state index contributed by atoms with van der Waals surface area (Å²) in [6.45, 7) is 5.04. The van der Waals surface area contributed by atoms with Crippen LogP contribution in [0.2, 0.25) is 0 Å². The number of carbonyl (C=O) groups excluding carboxylic acids is 6. The number of nitrogens with zero attached hydrogens (tertiary/aromatic N) is 4. The van der Waals surface area contributed by atoms with Crippen molar-refractivity contribution < 1.29 is 88.2 Å². The van der Waals surface area contributed by atoms with Crippen LogP contribution >= 0.6 is 0 Å². The summed E-state index contributed by atoms with van der Waals surface area (Å²) in [4.78, 5) is 158. The Balaban J connectivity index is 2.06. The molecule has 82 heavy (non-hydrogen) atoms. The fourth-order valence-corrected chi connectivity index (χ4v) is 8.54. The standard InChI is InChI=1S/C51H81N13O18/c1-31(27-56-39(65)15-13-36(48(78)79)60-51(82)61-37(49(80)81)14-16-41(67)68)25-32(2)44(73)59-38(26-33-9-4-3-5-10-33)46(75)57-34(12-8-18-55-50(52)53)45(74)58-35(47(76)77)11-6-7-17-54-40(66)28-62-19-21-63(29-42(69)70)23-24-64(22-20-62)30-43(71)72/h3-5,9-10,31-32,34-38H,6-8,11-30H2,1-2H3,(H,54,66)(H,56,65)(H,57,75)(H,58,74)(H,59,73)(H,67,68)(H,69,70)(H,71,72)(H,76,77)(H,78,79)(H,80,81)(H4,52,53,55)(H2,60,61,82). The first kappa shape index (κ1) is 69.9. The van der Waals surface area contributed by atoms with E-state index in [2.05, 4.69) is 36.9 Å². The van der Waals surface area contributed by atoms with Gasteiger partial charge in [-0.05, 0) is 62.8 Å². The van der Waals surface area contributed by atoms with Crippen LogP contribution in [0.25, 0.3) is 0 Å². The maximum Gasteiger partial charge on any atom is 0.326 e. The lowest BCUT2D eigenvalue weighted by Crippen LogP contribution is -2.56. The third-order valence-electron chi connectivity index (χ3n) is 13.0. The fraction of sp³-hybridized carbons (Fsp3) is 0.627. The summed E-state index contributed by atoms with van der Waals surface area (Å²) < 4.78 is 0. The molecule has 0 spiro atoms. The number of nitrogens with two attached hydrogens (primary N) is 2. The van der Waals surface area contributed by atoms with Crippen LogP contribution in [-0.4, -0.2) is 231 Å². The number of guanidine groups is 1. The van der Waals surface area contributed by atoms with Gasteiger partial charge in [0.2, 0.25) is 29.5 Å². The van der Waals surface area contributed by atoms with Crippen molar-refractivity contribution >= 4 is 77.3 Å². The number of aliphatic carboxylic acids is 6. The molecule has 7 atom stereocenters. The molecular formula is C51H81N13O18. The van der Waals surface area contributed by atoms with E-state index in [1.54, 1.807) is 58.9 Å². The lowest BCUT2D eigenvalue weighted by atomic mass is 9.95. The Morgan fingerprint density at radius 3 is 1.51 bits per heavy atom. The minimum Gasteiger partial charge on any atom is -0.481 e. The molecule has 2 rings (SSSR count). The van der Waals surface area contributed by atoms with Gasteiger partial charge in [-0.25, -0.2) is 19.2 Å². The van der Waals surface area contributed by atoms with Crippen molar-refractivity contribution in [1.82, 2.24) is 51.9 Å². The lowest BCUT2D eigenvalue weighted by Gasteiger charge is -2.26. The molecule has 7 unspecified atom stereocenters. The van der Waals surface area contributed by atoms with E-state index in [1.807, 2.05) is 5.32 Å². The van der Waals surface area contributed by atoms with E-state index in [-0.39, 0.29) is 102 Å². The van der Waals surface area contributed by atoms with Crippen molar-refractivity contribution in [1.29, 1.82) is 0 Å². The fourth-order valence-electron chi connectivity index (χ4n) is 8.54. The van der Waals surface area contributed by atoms with Gasteiger partial charge in [0.15, 0.2) is 5.96 Å². The molecule has 0 aromatic heterocycles. The molecule has 1 aliphatic heterocycles. The number of aliphatic imine (C=N–C) groups is 1. The topological polar surface area (TPSA) is 485 Å². The Bertz CT molecular complexity index is 2320. The highest BCUT2D eigenvalue weighted by Gasteiger charge is 2.32. The van der Waals surface area contributed by atoms with Crippen LogP contribution in [0.5, 0.6) is 0 Å². The van der Waals surface area contributed by atoms with E-state index in [4.69, 9.17) is 16.6 Å². The number of urea groups is 1. The third-order valence-corrected chi connectivity index (χ3v) is 13.0. The van der Waals surface area contributed by atoms with Crippen molar-refractivity contribution in [2.45, 2.75) is 115 Å². The molecule has 31 heteroatoms. The number of carboxylic acids is 6. The maximum absolute atomic E-state index is 14.2. The van der Waals surface area contributed by atoms with Crippen LogP contribution in [0, 0.1) is 11.8 Å². The SMILES string of the molecule is CC(CNC(=O)CCC(NC(=O)NC(CCC(=O)O)C(=O)O)C(=O)O)CC(C)C(=O)NC(Cc1ccccc1)C(=O)NC(CCCN=C(N)N)C(=O)NC(CCCCNC(=O)CN1CCN(CC(=O)O)CCN(CC(=O)O)CC1)C(=O)O. The minimum absolute atomic E-state index is 0.0269. The maximum atomic E-state index is 14.2. The first-order valence-corrected chi connectivity index (χ1v) is 26.8.